The van der Waals surface area contributed by atoms with Gasteiger partial charge in [0.1, 0.15) is 0 Å². The summed E-state index contributed by atoms with van der Waals surface area (Å²) in [5, 5.41) is 4.44. The lowest BCUT2D eigenvalue weighted by molar-refractivity contribution is 0.998. The Labute approximate surface area is 94.3 Å². The zero-order valence-electron chi connectivity index (χ0n) is 8.52. The largest absolute Gasteiger partial charge is 0.385 e. The molecule has 0 fully saturated rings. The lowest BCUT2D eigenvalue weighted by Crippen LogP contribution is -2.03. The third-order valence-electron chi connectivity index (χ3n) is 2.05. The standard InChI is InChI=1S/C12H16BrN/c1-3-11-6-5-10(2)9-12(11)14-8-4-7-13/h3,5-6,9,14H,1,4,7-8H2,2H3. The molecule has 0 aliphatic heterocycles. The van der Waals surface area contributed by atoms with Gasteiger partial charge in [-0.25, -0.2) is 0 Å². The van der Waals surface area contributed by atoms with Gasteiger partial charge in [-0.05, 0) is 30.5 Å². The molecule has 1 aromatic rings. The summed E-state index contributed by atoms with van der Waals surface area (Å²) in [5.74, 6) is 0. The molecule has 0 bridgehead atoms. The van der Waals surface area contributed by atoms with Crippen molar-refractivity contribution in [2.24, 2.45) is 0 Å². The number of alkyl halides is 1. The van der Waals surface area contributed by atoms with Crippen molar-refractivity contribution in [3.8, 4) is 0 Å². The highest BCUT2D eigenvalue weighted by Gasteiger charge is 1.98. The molecule has 0 spiro atoms. The van der Waals surface area contributed by atoms with E-state index in [9.17, 15) is 0 Å². The van der Waals surface area contributed by atoms with Crippen molar-refractivity contribution in [3.05, 3.63) is 35.9 Å². The molecular weight excluding hydrogens is 238 g/mol. The van der Waals surface area contributed by atoms with Crippen molar-refractivity contribution in [1.82, 2.24) is 0 Å². The normalized spacial score (nSPS) is 9.86. The van der Waals surface area contributed by atoms with E-state index < -0.39 is 0 Å². The van der Waals surface area contributed by atoms with E-state index >= 15 is 0 Å². The van der Waals surface area contributed by atoms with Crippen molar-refractivity contribution in [2.75, 3.05) is 17.2 Å². The van der Waals surface area contributed by atoms with E-state index in [-0.39, 0.29) is 0 Å². The molecule has 1 N–H and O–H groups in total. The molecule has 0 amide bonds. The lowest BCUT2D eigenvalue weighted by atomic mass is 10.1. The first-order valence-corrected chi connectivity index (χ1v) is 5.93. The Morgan fingerprint density at radius 1 is 1.50 bits per heavy atom. The average molecular weight is 254 g/mol. The minimum Gasteiger partial charge on any atom is -0.385 e. The van der Waals surface area contributed by atoms with Crippen molar-refractivity contribution in [1.29, 1.82) is 0 Å². The van der Waals surface area contributed by atoms with Crippen LogP contribution in [-0.4, -0.2) is 11.9 Å². The molecule has 1 nitrogen and oxygen atoms in total. The zero-order chi connectivity index (χ0) is 10.4. The van der Waals surface area contributed by atoms with Crippen LogP contribution in [0.1, 0.15) is 17.5 Å². The number of aryl methyl sites for hydroxylation is 1. The molecule has 0 saturated carbocycles. The van der Waals surface area contributed by atoms with Crippen LogP contribution in [-0.2, 0) is 0 Å². The highest BCUT2D eigenvalue weighted by Crippen LogP contribution is 2.18. The fourth-order valence-electron chi connectivity index (χ4n) is 1.29. The monoisotopic (exact) mass is 253 g/mol. The topological polar surface area (TPSA) is 12.0 Å². The van der Waals surface area contributed by atoms with Gasteiger partial charge in [-0.2, -0.15) is 0 Å². The van der Waals surface area contributed by atoms with Crippen molar-refractivity contribution >= 4 is 27.7 Å². The molecule has 2 heteroatoms. The number of nitrogens with one attached hydrogen (secondary N) is 1. The number of anilines is 1. The Morgan fingerprint density at radius 3 is 2.93 bits per heavy atom. The van der Waals surface area contributed by atoms with Crippen LogP contribution in [0.2, 0.25) is 0 Å². The molecule has 0 atom stereocenters. The van der Waals surface area contributed by atoms with Crippen LogP contribution in [0.15, 0.2) is 24.8 Å². The second-order valence-electron chi connectivity index (χ2n) is 3.26. The summed E-state index contributed by atoms with van der Waals surface area (Å²) in [6.07, 6.45) is 3.01. The minimum absolute atomic E-state index is 0.996. The molecule has 0 radical (unpaired) electrons. The predicted octanol–water partition coefficient (Wildman–Crippen LogP) is 3.83. The Morgan fingerprint density at radius 2 is 2.29 bits per heavy atom. The highest BCUT2D eigenvalue weighted by molar-refractivity contribution is 9.09. The van der Waals surface area contributed by atoms with Crippen LogP contribution in [0.5, 0.6) is 0 Å². The number of hydrogen-bond donors (Lipinski definition) is 1. The molecular formula is C12H16BrN. The maximum atomic E-state index is 3.80. The third-order valence-corrected chi connectivity index (χ3v) is 2.62. The Bertz CT molecular complexity index is 307. The molecule has 0 aliphatic rings. The molecule has 0 unspecified atom stereocenters. The van der Waals surface area contributed by atoms with Gasteiger partial charge in [0.05, 0.1) is 0 Å². The van der Waals surface area contributed by atoms with E-state index in [4.69, 9.17) is 0 Å². The van der Waals surface area contributed by atoms with Gasteiger partial charge in [-0.3, -0.25) is 0 Å². The fraction of sp³-hybridized carbons (Fsp3) is 0.333. The van der Waals surface area contributed by atoms with E-state index in [2.05, 4.69) is 52.9 Å². The Balaban J connectivity index is 2.72. The van der Waals surface area contributed by atoms with Crippen LogP contribution in [0.25, 0.3) is 6.08 Å². The molecule has 0 aromatic heterocycles. The maximum Gasteiger partial charge on any atom is 0.0416 e. The SMILES string of the molecule is C=Cc1ccc(C)cc1NCCCBr. The molecule has 0 heterocycles. The second-order valence-corrected chi connectivity index (χ2v) is 4.06. The predicted molar refractivity (Wildman–Crippen MR) is 68.2 cm³/mol. The van der Waals surface area contributed by atoms with Crippen LogP contribution < -0.4 is 5.32 Å². The van der Waals surface area contributed by atoms with E-state index in [0.29, 0.717) is 0 Å². The Hall–Kier alpha value is -0.760. The number of benzene rings is 1. The number of halogens is 1. The van der Waals surface area contributed by atoms with E-state index in [1.54, 1.807) is 0 Å². The second kappa shape index (κ2) is 5.86. The highest BCUT2D eigenvalue weighted by atomic mass is 79.9. The minimum atomic E-state index is 0.996. The first-order chi connectivity index (χ1) is 6.77. The fourth-order valence-corrected chi connectivity index (χ4v) is 1.57. The Kier molecular flexibility index (Phi) is 4.74. The van der Waals surface area contributed by atoms with Crippen LogP contribution in [0.4, 0.5) is 5.69 Å². The van der Waals surface area contributed by atoms with Crippen molar-refractivity contribution in [3.63, 3.8) is 0 Å². The van der Waals surface area contributed by atoms with E-state index in [0.717, 1.165) is 18.3 Å². The van der Waals surface area contributed by atoms with Gasteiger partial charge in [0.15, 0.2) is 0 Å². The van der Waals surface area contributed by atoms with Gasteiger partial charge in [-0.15, -0.1) is 0 Å². The molecule has 14 heavy (non-hydrogen) atoms. The first-order valence-electron chi connectivity index (χ1n) is 4.81. The maximum absolute atomic E-state index is 3.80. The summed E-state index contributed by atoms with van der Waals surface area (Å²) in [4.78, 5) is 0. The summed E-state index contributed by atoms with van der Waals surface area (Å²) in [7, 11) is 0. The van der Waals surface area contributed by atoms with Crippen molar-refractivity contribution in [2.45, 2.75) is 13.3 Å². The van der Waals surface area contributed by atoms with Gasteiger partial charge in [0, 0.05) is 17.6 Å². The zero-order valence-corrected chi connectivity index (χ0v) is 10.1. The first kappa shape index (κ1) is 11.3. The average Bonchev–Trinajstić information content (AvgIpc) is 2.19. The summed E-state index contributed by atoms with van der Waals surface area (Å²) < 4.78 is 0. The smallest absolute Gasteiger partial charge is 0.0416 e. The van der Waals surface area contributed by atoms with E-state index in [1.807, 2.05) is 6.08 Å². The molecule has 0 aliphatic carbocycles. The molecule has 0 saturated heterocycles. The summed E-state index contributed by atoms with van der Waals surface area (Å²) in [6.45, 7) is 6.90. The van der Waals surface area contributed by atoms with E-state index in [1.165, 1.54) is 16.8 Å². The third kappa shape index (κ3) is 3.18. The molecule has 1 aromatic carbocycles. The van der Waals surface area contributed by atoms with Gasteiger partial charge in [0.2, 0.25) is 0 Å². The summed E-state index contributed by atoms with van der Waals surface area (Å²) >= 11 is 3.41. The summed E-state index contributed by atoms with van der Waals surface area (Å²) in [5.41, 5.74) is 3.63. The van der Waals surface area contributed by atoms with Gasteiger partial charge in [0.25, 0.3) is 0 Å². The summed E-state index contributed by atoms with van der Waals surface area (Å²) in [6, 6.07) is 6.36. The molecule has 1 rings (SSSR count). The van der Waals surface area contributed by atoms with Crippen molar-refractivity contribution < 1.29 is 0 Å². The number of hydrogen-bond acceptors (Lipinski definition) is 1. The van der Waals surface area contributed by atoms with Crippen LogP contribution >= 0.6 is 15.9 Å². The van der Waals surface area contributed by atoms with Gasteiger partial charge in [-0.1, -0.05) is 40.7 Å². The van der Waals surface area contributed by atoms with Gasteiger partial charge >= 0.3 is 0 Å². The number of rotatable bonds is 5. The lowest BCUT2D eigenvalue weighted by Gasteiger charge is -2.09. The van der Waals surface area contributed by atoms with Crippen LogP contribution in [0.3, 0.4) is 0 Å². The van der Waals surface area contributed by atoms with Gasteiger partial charge < -0.3 is 5.32 Å². The molecule has 76 valence electrons. The van der Waals surface area contributed by atoms with Crippen LogP contribution in [0, 0.1) is 6.92 Å². The quantitative estimate of drug-likeness (QED) is 0.622.